The Bertz CT molecular complexity index is 441. The topological polar surface area (TPSA) is 76.1 Å². The van der Waals surface area contributed by atoms with Crippen molar-refractivity contribution in [2.75, 3.05) is 26.2 Å². The van der Waals surface area contributed by atoms with E-state index in [0.29, 0.717) is 6.61 Å². The van der Waals surface area contributed by atoms with Crippen molar-refractivity contribution in [3.8, 4) is 0 Å². The lowest BCUT2D eigenvalue weighted by Gasteiger charge is -2.12. The SMILES string of the molecule is N=Cn1cc(F)ccc1=N.OCCCN1CCCC1. The van der Waals surface area contributed by atoms with E-state index in [1.54, 1.807) is 0 Å². The van der Waals surface area contributed by atoms with Gasteiger partial charge in [-0.25, -0.2) is 4.39 Å². The molecular weight excluding hydrogens is 247 g/mol. The van der Waals surface area contributed by atoms with Gasteiger partial charge < -0.3 is 10.0 Å². The number of halogens is 1. The summed E-state index contributed by atoms with van der Waals surface area (Å²) in [5.74, 6) is -0.445. The zero-order valence-corrected chi connectivity index (χ0v) is 11.0. The summed E-state index contributed by atoms with van der Waals surface area (Å²) in [6.45, 7) is 3.94. The van der Waals surface area contributed by atoms with Crippen molar-refractivity contribution < 1.29 is 9.50 Å². The van der Waals surface area contributed by atoms with Crippen LogP contribution in [0.3, 0.4) is 0 Å². The summed E-state index contributed by atoms with van der Waals surface area (Å²) in [6.07, 6.45) is 5.61. The van der Waals surface area contributed by atoms with Gasteiger partial charge in [0.25, 0.3) is 0 Å². The Labute approximate surface area is 112 Å². The van der Waals surface area contributed by atoms with Gasteiger partial charge in [0.1, 0.15) is 11.3 Å². The van der Waals surface area contributed by atoms with Crippen LogP contribution in [-0.4, -0.2) is 47.2 Å². The number of hydrogen-bond donors (Lipinski definition) is 3. The normalized spacial score (nSPS) is 14.8. The molecule has 0 spiro atoms. The summed E-state index contributed by atoms with van der Waals surface area (Å²) in [7, 11) is 0. The van der Waals surface area contributed by atoms with Crippen LogP contribution >= 0.6 is 0 Å². The lowest BCUT2D eigenvalue weighted by atomic mass is 10.4. The highest BCUT2D eigenvalue weighted by atomic mass is 19.1. The van der Waals surface area contributed by atoms with Crippen molar-refractivity contribution in [3.05, 3.63) is 29.6 Å². The second-order valence-electron chi connectivity index (χ2n) is 4.39. The molecule has 1 aliphatic rings. The fourth-order valence-corrected chi connectivity index (χ4v) is 1.90. The minimum Gasteiger partial charge on any atom is -0.396 e. The summed E-state index contributed by atoms with van der Waals surface area (Å²) in [5, 5.41) is 22.3. The van der Waals surface area contributed by atoms with Gasteiger partial charge in [0.05, 0.1) is 6.34 Å². The summed E-state index contributed by atoms with van der Waals surface area (Å²) in [5.41, 5.74) is 0.0939. The number of nitrogens with one attached hydrogen (secondary N) is 2. The minimum absolute atomic E-state index is 0.0939. The molecule has 1 saturated heterocycles. The molecule has 5 nitrogen and oxygen atoms in total. The van der Waals surface area contributed by atoms with Crippen molar-refractivity contribution in [2.45, 2.75) is 19.3 Å². The highest BCUT2D eigenvalue weighted by Gasteiger charge is 2.09. The number of aromatic nitrogens is 1. The zero-order valence-electron chi connectivity index (χ0n) is 11.0. The Hall–Kier alpha value is -1.53. The Morgan fingerprint density at radius 3 is 2.53 bits per heavy atom. The average molecular weight is 268 g/mol. The summed E-state index contributed by atoms with van der Waals surface area (Å²) < 4.78 is 13.4. The van der Waals surface area contributed by atoms with Crippen molar-refractivity contribution in [3.63, 3.8) is 0 Å². The first-order valence-electron chi connectivity index (χ1n) is 6.43. The van der Waals surface area contributed by atoms with E-state index in [9.17, 15) is 4.39 Å². The van der Waals surface area contributed by atoms with Crippen LogP contribution in [0.25, 0.3) is 0 Å². The van der Waals surface area contributed by atoms with E-state index < -0.39 is 5.82 Å². The van der Waals surface area contributed by atoms with Gasteiger partial charge in [-0.2, -0.15) is 0 Å². The molecule has 1 aliphatic heterocycles. The lowest BCUT2D eigenvalue weighted by molar-refractivity contribution is 0.248. The number of rotatable bonds is 4. The van der Waals surface area contributed by atoms with Gasteiger partial charge in [0, 0.05) is 19.3 Å². The van der Waals surface area contributed by atoms with E-state index in [-0.39, 0.29) is 5.49 Å². The predicted octanol–water partition coefficient (Wildman–Crippen LogP) is 1.03. The molecule has 0 bridgehead atoms. The van der Waals surface area contributed by atoms with Gasteiger partial charge >= 0.3 is 0 Å². The summed E-state index contributed by atoms with van der Waals surface area (Å²) >= 11 is 0. The monoisotopic (exact) mass is 268 g/mol. The molecule has 106 valence electrons. The Kier molecular flexibility index (Phi) is 6.99. The van der Waals surface area contributed by atoms with E-state index in [4.69, 9.17) is 15.9 Å². The fraction of sp³-hybridized carbons (Fsp3) is 0.538. The molecule has 2 heterocycles. The van der Waals surface area contributed by atoms with Crippen LogP contribution in [0.5, 0.6) is 0 Å². The second kappa shape index (κ2) is 8.55. The van der Waals surface area contributed by atoms with Crippen LogP contribution in [-0.2, 0) is 0 Å². The van der Waals surface area contributed by atoms with E-state index in [1.807, 2.05) is 0 Å². The van der Waals surface area contributed by atoms with Crippen LogP contribution < -0.4 is 5.49 Å². The molecule has 0 saturated carbocycles. The number of hydrogen-bond acceptors (Lipinski definition) is 4. The Morgan fingerprint density at radius 2 is 2.00 bits per heavy atom. The molecule has 0 aromatic carbocycles. The number of aliphatic hydroxyl groups is 1. The third-order valence-electron chi connectivity index (χ3n) is 2.91. The van der Waals surface area contributed by atoms with Crippen molar-refractivity contribution in [1.29, 1.82) is 10.8 Å². The largest absolute Gasteiger partial charge is 0.396 e. The molecule has 0 radical (unpaired) electrons. The minimum atomic E-state index is -0.445. The zero-order chi connectivity index (χ0) is 14.1. The van der Waals surface area contributed by atoms with Gasteiger partial charge in [-0.1, -0.05) is 0 Å². The molecule has 19 heavy (non-hydrogen) atoms. The molecule has 0 atom stereocenters. The smallest absolute Gasteiger partial charge is 0.139 e. The maximum absolute atomic E-state index is 12.3. The van der Waals surface area contributed by atoms with Gasteiger partial charge in [-0.05, 0) is 44.5 Å². The third kappa shape index (κ3) is 5.76. The molecule has 1 aromatic rings. The van der Waals surface area contributed by atoms with E-state index in [1.165, 1.54) is 38.1 Å². The third-order valence-corrected chi connectivity index (χ3v) is 2.91. The second-order valence-corrected chi connectivity index (χ2v) is 4.39. The molecule has 0 unspecified atom stereocenters. The highest BCUT2D eigenvalue weighted by molar-refractivity contribution is 5.53. The molecule has 2 rings (SSSR count). The van der Waals surface area contributed by atoms with Crippen molar-refractivity contribution in [1.82, 2.24) is 9.47 Å². The number of aliphatic hydroxyl groups excluding tert-OH is 1. The summed E-state index contributed by atoms with van der Waals surface area (Å²) in [4.78, 5) is 2.41. The predicted molar refractivity (Wildman–Crippen MR) is 71.8 cm³/mol. The molecule has 1 fully saturated rings. The van der Waals surface area contributed by atoms with Gasteiger partial charge in [-0.15, -0.1) is 0 Å². The standard InChI is InChI=1S/C7H15NO.C6H6FN3/c9-7-3-6-8-4-1-2-5-8;7-5-1-2-6(9)10(3-5)4-8/h9H,1-7H2;1-4,8-9H. The van der Waals surface area contributed by atoms with Crippen molar-refractivity contribution >= 4 is 6.34 Å². The van der Waals surface area contributed by atoms with Gasteiger partial charge in [0.2, 0.25) is 0 Å². The number of nitrogens with zero attached hydrogens (tertiary/aromatic N) is 2. The molecule has 3 N–H and O–H groups in total. The first kappa shape index (κ1) is 15.5. The van der Waals surface area contributed by atoms with Gasteiger partial charge in [0.15, 0.2) is 0 Å². The van der Waals surface area contributed by atoms with Crippen LogP contribution in [0.15, 0.2) is 18.3 Å². The van der Waals surface area contributed by atoms with E-state index >= 15 is 0 Å². The quantitative estimate of drug-likeness (QED) is 0.563. The Balaban J connectivity index is 0.000000191. The molecule has 1 aromatic heterocycles. The molecule has 6 heteroatoms. The molecule has 0 amide bonds. The maximum atomic E-state index is 12.3. The highest BCUT2D eigenvalue weighted by Crippen LogP contribution is 2.06. The number of pyridine rings is 1. The maximum Gasteiger partial charge on any atom is 0.139 e. The van der Waals surface area contributed by atoms with Crippen LogP contribution in [0.2, 0.25) is 0 Å². The fourth-order valence-electron chi connectivity index (χ4n) is 1.90. The van der Waals surface area contributed by atoms with Gasteiger partial charge in [-0.3, -0.25) is 15.4 Å². The van der Waals surface area contributed by atoms with E-state index in [0.717, 1.165) is 30.1 Å². The lowest BCUT2D eigenvalue weighted by Crippen LogP contribution is -2.20. The van der Waals surface area contributed by atoms with Crippen LogP contribution in [0, 0.1) is 16.6 Å². The molecular formula is C13H21FN4O. The first-order valence-corrected chi connectivity index (χ1v) is 6.43. The first-order chi connectivity index (χ1) is 9.17. The van der Waals surface area contributed by atoms with Crippen LogP contribution in [0.1, 0.15) is 19.3 Å². The average Bonchev–Trinajstić information content (AvgIpc) is 2.93. The van der Waals surface area contributed by atoms with Crippen LogP contribution in [0.4, 0.5) is 4.39 Å². The van der Waals surface area contributed by atoms with E-state index in [2.05, 4.69) is 4.90 Å². The summed E-state index contributed by atoms with van der Waals surface area (Å²) in [6, 6.07) is 2.47. The van der Waals surface area contributed by atoms with Crippen molar-refractivity contribution in [2.24, 2.45) is 0 Å². The number of likely N-dealkylation sites (tertiary alicyclic amines) is 1. The Morgan fingerprint density at radius 1 is 1.32 bits per heavy atom. The molecule has 0 aliphatic carbocycles.